The molecule has 3 heteroatoms. The van der Waals surface area contributed by atoms with Crippen LogP contribution in [0.5, 0.6) is 5.75 Å². The molecule has 1 rings (SSSR count). The molecule has 1 aromatic carbocycles. The normalized spacial score (nSPS) is 11.8. The molecule has 0 radical (unpaired) electrons. The Morgan fingerprint density at radius 1 is 0.906 bits per heavy atom. The third-order valence-electron chi connectivity index (χ3n) is 6.26. The number of aromatic hydroxyl groups is 1. The predicted molar refractivity (Wildman–Crippen MR) is 137 cm³/mol. The molecule has 0 amide bonds. The quantitative estimate of drug-likeness (QED) is 0.204. The fourth-order valence-corrected chi connectivity index (χ4v) is 4.15. The first kappa shape index (κ1) is 28.5. The number of phenols is 1. The van der Waals surface area contributed by atoms with Crippen molar-refractivity contribution in [3.8, 4) is 5.75 Å². The van der Waals surface area contributed by atoms with Crippen LogP contribution in [0.25, 0.3) is 0 Å². The van der Waals surface area contributed by atoms with Crippen LogP contribution in [0.1, 0.15) is 141 Å². The minimum atomic E-state index is -0.140. The maximum absolute atomic E-state index is 12.2. The number of aryl methyl sites for hydroxylation is 1. The van der Waals surface area contributed by atoms with E-state index in [0.29, 0.717) is 25.2 Å². The molecule has 0 atom stereocenters. The Hall–Kier alpha value is -1.51. The fraction of sp³-hybridized carbons (Fsp3) is 0.759. The largest absolute Gasteiger partial charge is 0.507 e. The molecule has 0 unspecified atom stereocenters. The molecule has 0 spiro atoms. The van der Waals surface area contributed by atoms with Gasteiger partial charge in [0, 0.05) is 6.42 Å². The van der Waals surface area contributed by atoms with Crippen molar-refractivity contribution in [3.05, 3.63) is 28.8 Å². The van der Waals surface area contributed by atoms with Gasteiger partial charge in [0.25, 0.3) is 0 Å². The Labute approximate surface area is 198 Å². The van der Waals surface area contributed by atoms with Crippen LogP contribution in [0, 0.1) is 0 Å². The van der Waals surface area contributed by atoms with Gasteiger partial charge in [-0.1, -0.05) is 118 Å². The number of rotatable bonds is 16. The Kier molecular flexibility index (Phi) is 13.7. The van der Waals surface area contributed by atoms with Crippen molar-refractivity contribution in [3.63, 3.8) is 0 Å². The zero-order valence-corrected chi connectivity index (χ0v) is 21.9. The van der Waals surface area contributed by atoms with Gasteiger partial charge >= 0.3 is 5.97 Å². The molecule has 0 aliphatic heterocycles. The lowest BCUT2D eigenvalue weighted by molar-refractivity contribution is -0.143. The van der Waals surface area contributed by atoms with Gasteiger partial charge < -0.3 is 9.84 Å². The lowest BCUT2D eigenvalue weighted by atomic mass is 9.82. The maximum atomic E-state index is 12.2. The molecule has 1 aromatic rings. The van der Waals surface area contributed by atoms with E-state index in [4.69, 9.17) is 4.74 Å². The van der Waals surface area contributed by atoms with E-state index in [1.165, 1.54) is 57.8 Å². The van der Waals surface area contributed by atoms with Crippen LogP contribution in [0.2, 0.25) is 0 Å². The Morgan fingerprint density at radius 3 is 1.94 bits per heavy atom. The van der Waals surface area contributed by atoms with Crippen molar-refractivity contribution in [1.82, 2.24) is 0 Å². The van der Waals surface area contributed by atoms with Crippen molar-refractivity contribution in [2.24, 2.45) is 0 Å². The first-order valence-corrected chi connectivity index (χ1v) is 13.2. The molecule has 1 N–H and O–H groups in total. The van der Waals surface area contributed by atoms with Crippen molar-refractivity contribution in [2.75, 3.05) is 6.61 Å². The highest BCUT2D eigenvalue weighted by Gasteiger charge is 2.22. The van der Waals surface area contributed by atoms with E-state index >= 15 is 0 Å². The second-order valence-electron chi connectivity index (χ2n) is 10.7. The topological polar surface area (TPSA) is 46.5 Å². The molecule has 184 valence electrons. The summed E-state index contributed by atoms with van der Waals surface area (Å²) in [5, 5.41) is 10.7. The summed E-state index contributed by atoms with van der Waals surface area (Å²) in [6.07, 6.45) is 15.3. The van der Waals surface area contributed by atoms with E-state index in [0.717, 1.165) is 29.5 Å². The Morgan fingerprint density at radius 2 is 1.44 bits per heavy atom. The average Bonchev–Trinajstić information content (AvgIpc) is 2.72. The summed E-state index contributed by atoms with van der Waals surface area (Å²) in [5.41, 5.74) is 2.87. The van der Waals surface area contributed by atoms with Gasteiger partial charge in [-0.3, -0.25) is 4.79 Å². The van der Waals surface area contributed by atoms with Crippen LogP contribution < -0.4 is 0 Å². The zero-order valence-electron chi connectivity index (χ0n) is 21.9. The molecular formula is C29H50O3. The second-order valence-corrected chi connectivity index (χ2v) is 10.7. The number of hydrogen-bond donors (Lipinski definition) is 1. The SMILES string of the molecule is CCCCCCCCCCCCCOC(=O)CCc1cc(C(C)C)c(O)c(C(C)(C)C)c1. The summed E-state index contributed by atoms with van der Waals surface area (Å²) >= 11 is 0. The van der Waals surface area contributed by atoms with Crippen molar-refractivity contribution in [2.45, 2.75) is 136 Å². The first-order chi connectivity index (χ1) is 15.2. The molecule has 0 saturated heterocycles. The number of hydrogen-bond acceptors (Lipinski definition) is 3. The summed E-state index contributed by atoms with van der Waals surface area (Å²) in [6, 6.07) is 4.10. The van der Waals surface area contributed by atoms with E-state index in [1.807, 2.05) is 6.07 Å². The molecule has 32 heavy (non-hydrogen) atoms. The summed E-state index contributed by atoms with van der Waals surface area (Å²) < 4.78 is 5.46. The third-order valence-corrected chi connectivity index (χ3v) is 6.26. The van der Waals surface area contributed by atoms with E-state index in [2.05, 4.69) is 47.6 Å². The number of benzene rings is 1. The highest BCUT2D eigenvalue weighted by Crippen LogP contribution is 2.37. The number of unbranched alkanes of at least 4 members (excludes halogenated alkanes) is 10. The van der Waals surface area contributed by atoms with Gasteiger partial charge in [-0.05, 0) is 40.9 Å². The third kappa shape index (κ3) is 11.4. The van der Waals surface area contributed by atoms with Crippen LogP contribution in [-0.4, -0.2) is 17.7 Å². The van der Waals surface area contributed by atoms with E-state index in [-0.39, 0.29) is 17.3 Å². The Bertz CT molecular complexity index is 655. The number of carbonyl (C=O) groups is 1. The number of ether oxygens (including phenoxy) is 1. The molecule has 0 aliphatic carbocycles. The maximum Gasteiger partial charge on any atom is 0.306 e. The minimum absolute atomic E-state index is 0.117. The van der Waals surface area contributed by atoms with Gasteiger partial charge in [-0.25, -0.2) is 0 Å². The van der Waals surface area contributed by atoms with Gasteiger partial charge in [-0.15, -0.1) is 0 Å². The molecule has 0 aromatic heterocycles. The van der Waals surface area contributed by atoms with Crippen LogP contribution in [0.3, 0.4) is 0 Å². The minimum Gasteiger partial charge on any atom is -0.507 e. The van der Waals surface area contributed by atoms with Crippen LogP contribution >= 0.6 is 0 Å². The molecule has 0 bridgehead atoms. The fourth-order valence-electron chi connectivity index (χ4n) is 4.15. The zero-order chi connectivity index (χ0) is 24.0. The second kappa shape index (κ2) is 15.3. The first-order valence-electron chi connectivity index (χ1n) is 13.2. The van der Waals surface area contributed by atoms with E-state index in [9.17, 15) is 9.90 Å². The molecule has 0 heterocycles. The van der Waals surface area contributed by atoms with Gasteiger partial charge in [0.2, 0.25) is 0 Å². The van der Waals surface area contributed by atoms with Crippen molar-refractivity contribution < 1.29 is 14.6 Å². The highest BCUT2D eigenvalue weighted by molar-refractivity contribution is 5.69. The lowest BCUT2D eigenvalue weighted by Crippen LogP contribution is -2.14. The lowest BCUT2D eigenvalue weighted by Gasteiger charge is -2.24. The molecule has 0 fully saturated rings. The molecule has 0 aliphatic rings. The predicted octanol–water partition coefficient (Wildman–Crippen LogP) is 8.60. The van der Waals surface area contributed by atoms with Crippen molar-refractivity contribution >= 4 is 5.97 Å². The summed E-state index contributed by atoms with van der Waals surface area (Å²) in [4.78, 5) is 12.2. The van der Waals surface area contributed by atoms with Crippen LogP contribution in [0.4, 0.5) is 0 Å². The number of esters is 1. The van der Waals surface area contributed by atoms with E-state index < -0.39 is 0 Å². The standard InChI is InChI=1S/C29H50O3/c1-7-8-9-10-11-12-13-14-15-16-17-20-32-27(30)19-18-24-21-25(23(2)3)28(31)26(22-24)29(4,5)6/h21-23,31H,7-20H2,1-6H3. The molecular weight excluding hydrogens is 396 g/mol. The molecule has 0 saturated carbocycles. The highest BCUT2D eigenvalue weighted by atomic mass is 16.5. The van der Waals surface area contributed by atoms with E-state index in [1.54, 1.807) is 0 Å². The smallest absolute Gasteiger partial charge is 0.306 e. The summed E-state index contributed by atoms with van der Waals surface area (Å²) in [5.74, 6) is 0.521. The van der Waals surface area contributed by atoms with Crippen LogP contribution in [-0.2, 0) is 21.4 Å². The van der Waals surface area contributed by atoms with Crippen molar-refractivity contribution in [1.29, 1.82) is 0 Å². The van der Waals surface area contributed by atoms with Gasteiger partial charge in [0.1, 0.15) is 5.75 Å². The number of carbonyl (C=O) groups excluding carboxylic acids is 1. The average molecular weight is 447 g/mol. The van der Waals surface area contributed by atoms with Crippen LogP contribution in [0.15, 0.2) is 12.1 Å². The summed E-state index contributed by atoms with van der Waals surface area (Å²) in [7, 11) is 0. The monoisotopic (exact) mass is 446 g/mol. The Balaban J connectivity index is 2.26. The summed E-state index contributed by atoms with van der Waals surface area (Å²) in [6.45, 7) is 13.3. The molecule has 3 nitrogen and oxygen atoms in total. The van der Waals surface area contributed by atoms with Gasteiger partial charge in [0.05, 0.1) is 6.61 Å². The van der Waals surface area contributed by atoms with Gasteiger partial charge in [-0.2, -0.15) is 0 Å². The number of phenolic OH excluding ortho intramolecular Hbond substituents is 1. The van der Waals surface area contributed by atoms with Gasteiger partial charge in [0.15, 0.2) is 0 Å².